The molecule has 3 N–H and O–H groups in total. The highest BCUT2D eigenvalue weighted by atomic mass is 16.5. The third-order valence-electron chi connectivity index (χ3n) is 1.97. The maximum atomic E-state index is 11.0. The second kappa shape index (κ2) is 4.79. The molecule has 4 nitrogen and oxygen atoms in total. The summed E-state index contributed by atoms with van der Waals surface area (Å²) in [6.45, 7) is 4.06. The number of carboxylic acids is 1. The van der Waals surface area contributed by atoms with Crippen LogP contribution < -0.4 is 5.73 Å². The highest BCUT2D eigenvalue weighted by Crippen LogP contribution is 2.18. The summed E-state index contributed by atoms with van der Waals surface area (Å²) in [5, 5.41) is 8.98. The lowest BCUT2D eigenvalue weighted by Crippen LogP contribution is -2.10. The van der Waals surface area contributed by atoms with Crippen LogP contribution in [0.2, 0.25) is 0 Å². The van der Waals surface area contributed by atoms with Crippen LogP contribution in [-0.2, 0) is 11.3 Å². The summed E-state index contributed by atoms with van der Waals surface area (Å²) in [5.41, 5.74) is 6.61. The number of hydrogen-bond donors (Lipinski definition) is 2. The molecule has 0 saturated carbocycles. The smallest absolute Gasteiger partial charge is 0.338 e. The molecule has 0 aliphatic rings. The molecule has 1 aromatic carbocycles. The van der Waals surface area contributed by atoms with Gasteiger partial charge in [0.25, 0.3) is 0 Å². The molecule has 1 aromatic rings. The second-order valence-electron chi connectivity index (χ2n) is 3.55. The van der Waals surface area contributed by atoms with E-state index in [9.17, 15) is 4.79 Å². The number of aromatic carboxylic acids is 1. The second-order valence-corrected chi connectivity index (χ2v) is 3.55. The maximum Gasteiger partial charge on any atom is 0.338 e. The largest absolute Gasteiger partial charge is 0.478 e. The van der Waals surface area contributed by atoms with Crippen molar-refractivity contribution in [3.8, 4) is 0 Å². The Morgan fingerprint density at radius 1 is 1.53 bits per heavy atom. The average molecular weight is 209 g/mol. The van der Waals surface area contributed by atoms with Crippen molar-refractivity contribution in [1.29, 1.82) is 0 Å². The summed E-state index contributed by atoms with van der Waals surface area (Å²) < 4.78 is 5.35. The Morgan fingerprint density at radius 2 is 2.20 bits per heavy atom. The Balaban J connectivity index is 2.96. The van der Waals surface area contributed by atoms with Gasteiger partial charge >= 0.3 is 5.97 Å². The monoisotopic (exact) mass is 209 g/mol. The van der Waals surface area contributed by atoms with E-state index in [4.69, 9.17) is 15.6 Å². The predicted octanol–water partition coefficient (Wildman–Crippen LogP) is 1.89. The van der Waals surface area contributed by atoms with Crippen LogP contribution in [0.25, 0.3) is 0 Å². The Hall–Kier alpha value is -1.55. The molecule has 0 unspecified atom stereocenters. The third-order valence-corrected chi connectivity index (χ3v) is 1.97. The van der Waals surface area contributed by atoms with E-state index in [0.29, 0.717) is 5.56 Å². The van der Waals surface area contributed by atoms with Gasteiger partial charge in [-0.15, -0.1) is 0 Å². The van der Waals surface area contributed by atoms with Gasteiger partial charge in [0.15, 0.2) is 0 Å². The number of rotatable bonds is 4. The summed E-state index contributed by atoms with van der Waals surface area (Å²) in [6, 6.07) is 5.01. The molecule has 0 fully saturated rings. The zero-order chi connectivity index (χ0) is 11.4. The van der Waals surface area contributed by atoms with Gasteiger partial charge in [-0.2, -0.15) is 0 Å². The van der Waals surface area contributed by atoms with Crippen LogP contribution in [0.1, 0.15) is 29.8 Å². The standard InChI is InChI=1S/C11H15NO3/c1-7(2)15-6-8-4-3-5-9(12)10(8)11(13)14/h3-5,7H,6,12H2,1-2H3,(H,13,14). The summed E-state index contributed by atoms with van der Waals surface area (Å²) in [4.78, 5) is 11.0. The first kappa shape index (κ1) is 11.5. The van der Waals surface area contributed by atoms with Gasteiger partial charge in [-0.3, -0.25) is 0 Å². The van der Waals surface area contributed by atoms with Crippen molar-refractivity contribution >= 4 is 11.7 Å². The van der Waals surface area contributed by atoms with Gasteiger partial charge in [0.05, 0.1) is 18.3 Å². The van der Waals surface area contributed by atoms with E-state index < -0.39 is 5.97 Å². The number of ether oxygens (including phenoxy) is 1. The molecule has 0 saturated heterocycles. The minimum absolute atomic E-state index is 0.0630. The van der Waals surface area contributed by atoms with Crippen molar-refractivity contribution in [2.45, 2.75) is 26.6 Å². The van der Waals surface area contributed by atoms with Crippen molar-refractivity contribution in [3.63, 3.8) is 0 Å². The van der Waals surface area contributed by atoms with Gasteiger partial charge in [-0.05, 0) is 25.5 Å². The molecule has 82 valence electrons. The Labute approximate surface area is 88.7 Å². The molecular formula is C11H15NO3. The molecule has 0 bridgehead atoms. The topological polar surface area (TPSA) is 72.5 Å². The van der Waals surface area contributed by atoms with Crippen LogP contribution in [0.3, 0.4) is 0 Å². The van der Waals surface area contributed by atoms with Gasteiger partial charge < -0.3 is 15.6 Å². The fraction of sp³-hybridized carbons (Fsp3) is 0.364. The van der Waals surface area contributed by atoms with Crippen molar-refractivity contribution < 1.29 is 14.6 Å². The lowest BCUT2D eigenvalue weighted by Gasteiger charge is -2.11. The zero-order valence-corrected chi connectivity index (χ0v) is 8.86. The molecule has 0 aliphatic heterocycles. The summed E-state index contributed by atoms with van der Waals surface area (Å²) in [5.74, 6) is -1.02. The van der Waals surface area contributed by atoms with E-state index in [1.54, 1.807) is 18.2 Å². The molecule has 4 heteroatoms. The van der Waals surface area contributed by atoms with Crippen LogP contribution >= 0.6 is 0 Å². The highest BCUT2D eigenvalue weighted by molar-refractivity contribution is 5.95. The number of benzene rings is 1. The Morgan fingerprint density at radius 3 is 2.73 bits per heavy atom. The Bertz CT molecular complexity index is 361. The Kier molecular flexibility index (Phi) is 3.68. The number of hydrogen-bond acceptors (Lipinski definition) is 3. The molecule has 1 rings (SSSR count). The van der Waals surface area contributed by atoms with Crippen LogP contribution in [0.15, 0.2) is 18.2 Å². The molecule has 0 aromatic heterocycles. The van der Waals surface area contributed by atoms with Crippen LogP contribution in [0.4, 0.5) is 5.69 Å². The van der Waals surface area contributed by atoms with E-state index in [0.717, 1.165) is 0 Å². The molecule has 0 heterocycles. The highest BCUT2D eigenvalue weighted by Gasteiger charge is 2.13. The van der Waals surface area contributed by atoms with Gasteiger partial charge in [0, 0.05) is 5.69 Å². The summed E-state index contributed by atoms with van der Waals surface area (Å²) in [6.07, 6.45) is 0.0630. The number of carboxylic acid groups (broad SMARTS) is 1. The van der Waals surface area contributed by atoms with E-state index >= 15 is 0 Å². The molecular weight excluding hydrogens is 194 g/mol. The van der Waals surface area contributed by atoms with Crippen molar-refractivity contribution in [2.24, 2.45) is 0 Å². The SMILES string of the molecule is CC(C)OCc1cccc(N)c1C(=O)O. The quantitative estimate of drug-likeness (QED) is 0.743. The van der Waals surface area contributed by atoms with E-state index in [1.807, 2.05) is 13.8 Å². The fourth-order valence-corrected chi connectivity index (χ4v) is 1.26. The fourth-order valence-electron chi connectivity index (χ4n) is 1.26. The van der Waals surface area contributed by atoms with Crippen molar-refractivity contribution in [1.82, 2.24) is 0 Å². The molecule has 0 atom stereocenters. The summed E-state index contributed by atoms with van der Waals surface area (Å²) in [7, 11) is 0. The predicted molar refractivity (Wildman–Crippen MR) is 57.7 cm³/mol. The number of nitrogens with two attached hydrogens (primary N) is 1. The minimum Gasteiger partial charge on any atom is -0.478 e. The minimum atomic E-state index is -1.02. The van der Waals surface area contributed by atoms with Gasteiger partial charge in [-0.25, -0.2) is 4.79 Å². The molecule has 0 radical (unpaired) electrons. The summed E-state index contributed by atoms with van der Waals surface area (Å²) >= 11 is 0. The van der Waals surface area contributed by atoms with E-state index in [-0.39, 0.29) is 24.0 Å². The third kappa shape index (κ3) is 2.95. The van der Waals surface area contributed by atoms with Gasteiger partial charge in [0.2, 0.25) is 0 Å². The number of anilines is 1. The van der Waals surface area contributed by atoms with E-state index in [1.165, 1.54) is 0 Å². The molecule has 15 heavy (non-hydrogen) atoms. The van der Waals surface area contributed by atoms with E-state index in [2.05, 4.69) is 0 Å². The first-order valence-corrected chi connectivity index (χ1v) is 4.74. The van der Waals surface area contributed by atoms with Crippen molar-refractivity contribution in [2.75, 3.05) is 5.73 Å². The molecule has 0 spiro atoms. The van der Waals surface area contributed by atoms with Crippen LogP contribution in [0.5, 0.6) is 0 Å². The first-order chi connectivity index (χ1) is 7.02. The normalized spacial score (nSPS) is 10.6. The maximum absolute atomic E-state index is 11.0. The number of nitrogen functional groups attached to an aromatic ring is 1. The number of carbonyl (C=O) groups is 1. The van der Waals surface area contributed by atoms with Crippen molar-refractivity contribution in [3.05, 3.63) is 29.3 Å². The van der Waals surface area contributed by atoms with Crippen LogP contribution in [-0.4, -0.2) is 17.2 Å². The zero-order valence-electron chi connectivity index (χ0n) is 8.86. The molecule has 0 amide bonds. The lowest BCUT2D eigenvalue weighted by atomic mass is 10.1. The molecule has 0 aliphatic carbocycles. The first-order valence-electron chi connectivity index (χ1n) is 4.74. The van der Waals surface area contributed by atoms with Gasteiger partial charge in [0.1, 0.15) is 0 Å². The lowest BCUT2D eigenvalue weighted by molar-refractivity contribution is 0.0607. The van der Waals surface area contributed by atoms with Crippen LogP contribution in [0, 0.1) is 0 Å². The average Bonchev–Trinajstić information content (AvgIpc) is 2.13. The van der Waals surface area contributed by atoms with Gasteiger partial charge in [-0.1, -0.05) is 12.1 Å².